The highest BCUT2D eigenvalue weighted by molar-refractivity contribution is 6.35. The molecule has 0 radical (unpaired) electrons. The molecular weight excluding hydrogens is 415 g/mol. The normalized spacial score (nSPS) is 10.9. The van der Waals surface area contributed by atoms with Gasteiger partial charge in [-0.3, -0.25) is 0 Å². The molecule has 0 saturated carbocycles. The number of hydrogen-bond acceptors (Lipinski definition) is 1. The van der Waals surface area contributed by atoms with Gasteiger partial charge in [0.1, 0.15) is 0 Å². The van der Waals surface area contributed by atoms with Gasteiger partial charge in [0, 0.05) is 22.3 Å². The number of carbonyl (C=O) groups is 1. The SMILES string of the molecule is CCCCCCCCCCCCCCCCCCNC(=O)Nc1cc(Cl)cc(Cl)c1. The molecule has 0 unspecified atom stereocenters. The first-order valence-corrected chi connectivity index (χ1v) is 12.9. The van der Waals surface area contributed by atoms with Crippen LogP contribution in [0.3, 0.4) is 0 Å². The van der Waals surface area contributed by atoms with Crippen LogP contribution in [0.5, 0.6) is 0 Å². The van der Waals surface area contributed by atoms with Gasteiger partial charge < -0.3 is 10.6 Å². The van der Waals surface area contributed by atoms with E-state index < -0.39 is 0 Å². The number of hydrogen-bond donors (Lipinski definition) is 2. The van der Waals surface area contributed by atoms with Gasteiger partial charge in [0.25, 0.3) is 0 Å². The summed E-state index contributed by atoms with van der Waals surface area (Å²) in [6, 6.07) is 4.79. The first-order chi connectivity index (χ1) is 14.6. The number of benzene rings is 1. The van der Waals surface area contributed by atoms with Crippen LogP contribution in [0, 0.1) is 0 Å². The van der Waals surface area contributed by atoms with E-state index in [9.17, 15) is 4.79 Å². The molecule has 3 nitrogen and oxygen atoms in total. The molecule has 1 rings (SSSR count). The molecule has 172 valence electrons. The van der Waals surface area contributed by atoms with E-state index in [-0.39, 0.29) is 6.03 Å². The van der Waals surface area contributed by atoms with Crippen LogP contribution >= 0.6 is 23.2 Å². The molecule has 0 bridgehead atoms. The predicted octanol–water partition coefficient (Wildman–Crippen LogP) is 9.38. The monoisotopic (exact) mass is 456 g/mol. The van der Waals surface area contributed by atoms with Gasteiger partial charge >= 0.3 is 6.03 Å². The number of anilines is 1. The van der Waals surface area contributed by atoms with Crippen molar-refractivity contribution in [2.24, 2.45) is 0 Å². The number of carbonyl (C=O) groups excluding carboxylic acids is 1. The fourth-order valence-electron chi connectivity index (χ4n) is 3.68. The van der Waals surface area contributed by atoms with E-state index in [1.54, 1.807) is 18.2 Å². The lowest BCUT2D eigenvalue weighted by Gasteiger charge is -2.08. The van der Waals surface area contributed by atoms with Crippen LogP contribution in [-0.4, -0.2) is 12.6 Å². The van der Waals surface area contributed by atoms with Gasteiger partial charge in [0.15, 0.2) is 0 Å². The second kappa shape index (κ2) is 18.8. The molecule has 1 aromatic rings. The van der Waals surface area contributed by atoms with E-state index in [0.717, 1.165) is 6.42 Å². The standard InChI is InChI=1S/C25H42Cl2N2O/c1-2-3-4-5-6-7-8-9-10-11-12-13-14-15-16-17-18-28-25(30)29-24-20-22(26)19-23(27)21-24/h19-21H,2-18H2,1H3,(H2,28,29,30). The van der Waals surface area contributed by atoms with E-state index in [1.807, 2.05) is 0 Å². The number of rotatable bonds is 18. The zero-order valence-corrected chi connectivity index (χ0v) is 20.4. The van der Waals surface area contributed by atoms with Crippen molar-refractivity contribution in [2.45, 2.75) is 110 Å². The molecule has 0 atom stereocenters. The Morgan fingerprint density at radius 2 is 1.07 bits per heavy atom. The van der Waals surface area contributed by atoms with Gasteiger partial charge in [0.2, 0.25) is 0 Å². The highest BCUT2D eigenvalue weighted by Gasteiger charge is 2.03. The second-order valence-corrected chi connectivity index (χ2v) is 9.22. The maximum Gasteiger partial charge on any atom is 0.319 e. The van der Waals surface area contributed by atoms with Crippen LogP contribution in [0.1, 0.15) is 110 Å². The second-order valence-electron chi connectivity index (χ2n) is 8.34. The van der Waals surface area contributed by atoms with E-state index in [0.29, 0.717) is 22.3 Å². The highest BCUT2D eigenvalue weighted by Crippen LogP contribution is 2.22. The molecule has 0 fully saturated rings. The largest absolute Gasteiger partial charge is 0.338 e. The Morgan fingerprint density at radius 1 is 0.667 bits per heavy atom. The van der Waals surface area contributed by atoms with Gasteiger partial charge in [-0.2, -0.15) is 0 Å². The topological polar surface area (TPSA) is 41.1 Å². The zero-order valence-electron chi connectivity index (χ0n) is 18.9. The summed E-state index contributed by atoms with van der Waals surface area (Å²) >= 11 is 11.9. The Kier molecular flexibility index (Phi) is 17.0. The maximum absolute atomic E-state index is 11.9. The Bertz CT molecular complexity index is 546. The summed E-state index contributed by atoms with van der Waals surface area (Å²) in [5.41, 5.74) is 0.608. The lowest BCUT2D eigenvalue weighted by atomic mass is 10.0. The van der Waals surface area contributed by atoms with E-state index in [4.69, 9.17) is 23.2 Å². The van der Waals surface area contributed by atoms with Gasteiger partial charge in [-0.25, -0.2) is 4.79 Å². The van der Waals surface area contributed by atoms with Crippen LogP contribution in [0.2, 0.25) is 10.0 Å². The highest BCUT2D eigenvalue weighted by atomic mass is 35.5. The zero-order chi connectivity index (χ0) is 21.9. The van der Waals surface area contributed by atoms with E-state index in [1.165, 1.54) is 96.3 Å². The number of urea groups is 1. The third-order valence-electron chi connectivity index (χ3n) is 5.44. The third kappa shape index (κ3) is 15.8. The Morgan fingerprint density at radius 3 is 1.50 bits per heavy atom. The smallest absolute Gasteiger partial charge is 0.319 e. The van der Waals surface area contributed by atoms with Crippen molar-refractivity contribution in [3.63, 3.8) is 0 Å². The lowest BCUT2D eigenvalue weighted by Crippen LogP contribution is -2.29. The molecule has 0 aliphatic carbocycles. The molecule has 0 aromatic heterocycles. The first-order valence-electron chi connectivity index (χ1n) is 12.1. The quantitative estimate of drug-likeness (QED) is 0.212. The number of nitrogens with one attached hydrogen (secondary N) is 2. The Balaban J connectivity index is 1.82. The predicted molar refractivity (Wildman–Crippen MR) is 133 cm³/mol. The summed E-state index contributed by atoms with van der Waals surface area (Å²) in [5, 5.41) is 6.66. The number of halogens is 2. The average molecular weight is 458 g/mol. The van der Waals surface area contributed by atoms with Crippen LogP contribution in [0.15, 0.2) is 18.2 Å². The molecule has 0 spiro atoms. The molecular formula is C25H42Cl2N2O. The van der Waals surface area contributed by atoms with Crippen molar-refractivity contribution >= 4 is 34.9 Å². The summed E-state index contributed by atoms with van der Waals surface area (Å²) in [6.45, 7) is 2.97. The van der Waals surface area contributed by atoms with Crippen molar-refractivity contribution in [3.8, 4) is 0 Å². The molecule has 5 heteroatoms. The molecule has 0 heterocycles. The summed E-state index contributed by atoms with van der Waals surface area (Å²) in [6.07, 6.45) is 21.6. The number of unbranched alkanes of at least 4 members (excludes halogenated alkanes) is 15. The van der Waals surface area contributed by atoms with Crippen LogP contribution in [0.4, 0.5) is 10.5 Å². The van der Waals surface area contributed by atoms with Gasteiger partial charge in [0.05, 0.1) is 0 Å². The first kappa shape index (κ1) is 27.1. The van der Waals surface area contributed by atoms with E-state index >= 15 is 0 Å². The average Bonchev–Trinajstić information content (AvgIpc) is 2.69. The lowest BCUT2D eigenvalue weighted by molar-refractivity contribution is 0.252. The van der Waals surface area contributed by atoms with Crippen LogP contribution in [0.25, 0.3) is 0 Å². The van der Waals surface area contributed by atoms with Crippen molar-refractivity contribution in [1.29, 1.82) is 0 Å². The fraction of sp³-hybridized carbons (Fsp3) is 0.720. The Hall–Kier alpha value is -0.930. The summed E-state index contributed by atoms with van der Waals surface area (Å²) in [4.78, 5) is 11.9. The minimum atomic E-state index is -0.214. The molecule has 0 saturated heterocycles. The van der Waals surface area contributed by atoms with Crippen molar-refractivity contribution in [1.82, 2.24) is 5.32 Å². The third-order valence-corrected chi connectivity index (χ3v) is 5.87. The molecule has 1 aromatic carbocycles. The molecule has 2 N–H and O–H groups in total. The van der Waals surface area contributed by atoms with Crippen molar-refractivity contribution in [2.75, 3.05) is 11.9 Å². The molecule has 2 amide bonds. The maximum atomic E-state index is 11.9. The molecule has 0 aliphatic rings. The van der Waals surface area contributed by atoms with Crippen molar-refractivity contribution < 1.29 is 4.79 Å². The summed E-state index contributed by atoms with van der Waals surface area (Å²) in [5.74, 6) is 0. The van der Waals surface area contributed by atoms with Gasteiger partial charge in [-0.1, -0.05) is 126 Å². The van der Waals surface area contributed by atoms with E-state index in [2.05, 4.69) is 17.6 Å². The minimum absolute atomic E-state index is 0.214. The van der Waals surface area contributed by atoms with Gasteiger partial charge in [-0.05, 0) is 24.6 Å². The van der Waals surface area contributed by atoms with Crippen molar-refractivity contribution in [3.05, 3.63) is 28.2 Å². The molecule has 0 aliphatic heterocycles. The number of amides is 2. The minimum Gasteiger partial charge on any atom is -0.338 e. The fourth-order valence-corrected chi connectivity index (χ4v) is 4.20. The summed E-state index contributed by atoms with van der Waals surface area (Å²) < 4.78 is 0. The van der Waals surface area contributed by atoms with Gasteiger partial charge in [-0.15, -0.1) is 0 Å². The Labute approximate surface area is 194 Å². The van der Waals surface area contributed by atoms with Crippen LogP contribution in [-0.2, 0) is 0 Å². The molecule has 30 heavy (non-hydrogen) atoms. The summed E-state index contributed by atoms with van der Waals surface area (Å²) in [7, 11) is 0. The van der Waals surface area contributed by atoms with Crippen LogP contribution < -0.4 is 10.6 Å².